The van der Waals surface area contributed by atoms with Gasteiger partial charge in [-0.3, -0.25) is 4.79 Å². The zero-order chi connectivity index (χ0) is 13.5. The number of ether oxygens (including phenoxy) is 1. The van der Waals surface area contributed by atoms with Crippen LogP contribution in [0.1, 0.15) is 90.4 Å². The van der Waals surface area contributed by atoms with E-state index in [9.17, 15) is 4.79 Å². The second-order valence-corrected chi connectivity index (χ2v) is 5.22. The van der Waals surface area contributed by atoms with Crippen molar-refractivity contribution in [2.45, 2.75) is 90.4 Å². The van der Waals surface area contributed by atoms with Crippen LogP contribution in [-0.2, 0) is 9.53 Å². The van der Waals surface area contributed by atoms with Crippen LogP contribution in [0.3, 0.4) is 0 Å². The highest BCUT2D eigenvalue weighted by molar-refractivity contribution is 5.85. The van der Waals surface area contributed by atoms with Crippen LogP contribution in [0.2, 0.25) is 0 Å². The lowest BCUT2D eigenvalue weighted by Gasteiger charge is -2.02. The fourth-order valence-corrected chi connectivity index (χ4v) is 2.21. The molecule has 0 rings (SSSR count). The Hall–Kier alpha value is -0.240. The zero-order valence-electron chi connectivity index (χ0n) is 12.9. The molecule has 0 aromatic carbocycles. The van der Waals surface area contributed by atoms with Crippen LogP contribution in [0.15, 0.2) is 0 Å². The molecule has 0 saturated heterocycles. The van der Waals surface area contributed by atoms with Crippen molar-refractivity contribution in [1.29, 1.82) is 0 Å². The highest BCUT2D eigenvalue weighted by atomic mass is 35.5. The van der Waals surface area contributed by atoms with Gasteiger partial charge in [-0.2, -0.15) is 0 Å². The van der Waals surface area contributed by atoms with Crippen molar-refractivity contribution < 1.29 is 9.53 Å². The first-order valence-electron chi connectivity index (χ1n) is 7.88. The van der Waals surface area contributed by atoms with Crippen molar-refractivity contribution in [3.8, 4) is 0 Å². The predicted octanol–water partition coefficient (Wildman–Crippen LogP) is 5.67. The fraction of sp³-hybridized carbons (Fsp3) is 0.938. The molecule has 0 heterocycles. The Morgan fingerprint density at radius 1 is 0.737 bits per heavy atom. The van der Waals surface area contributed by atoms with Gasteiger partial charge in [-0.05, 0) is 6.42 Å². The standard InChI is InChI=1S/C16H32O2.ClH/c1-3-4-5-6-7-8-9-10-11-12-13-14-15-16(17)18-2;/h3-15H2,1-2H3;1H. The van der Waals surface area contributed by atoms with Crippen LogP contribution >= 0.6 is 12.4 Å². The van der Waals surface area contributed by atoms with Gasteiger partial charge in [0.25, 0.3) is 0 Å². The molecule has 0 unspecified atom stereocenters. The van der Waals surface area contributed by atoms with Crippen LogP contribution < -0.4 is 0 Å². The van der Waals surface area contributed by atoms with Crippen molar-refractivity contribution in [1.82, 2.24) is 0 Å². The van der Waals surface area contributed by atoms with Gasteiger partial charge in [0, 0.05) is 6.42 Å². The summed E-state index contributed by atoms with van der Waals surface area (Å²) in [6.07, 6.45) is 16.5. The number of halogens is 1. The molecule has 0 aliphatic heterocycles. The summed E-state index contributed by atoms with van der Waals surface area (Å²) >= 11 is 0. The lowest BCUT2D eigenvalue weighted by Crippen LogP contribution is -1.99. The van der Waals surface area contributed by atoms with Gasteiger partial charge in [-0.1, -0.05) is 77.6 Å². The van der Waals surface area contributed by atoms with Crippen molar-refractivity contribution in [2.24, 2.45) is 0 Å². The number of hydrogen-bond donors (Lipinski definition) is 0. The molecule has 0 radical (unpaired) electrons. The Labute approximate surface area is 126 Å². The third kappa shape index (κ3) is 17.8. The topological polar surface area (TPSA) is 26.3 Å². The minimum absolute atomic E-state index is 0. The van der Waals surface area contributed by atoms with E-state index in [1.54, 1.807) is 0 Å². The van der Waals surface area contributed by atoms with Gasteiger partial charge in [-0.25, -0.2) is 0 Å². The lowest BCUT2D eigenvalue weighted by molar-refractivity contribution is -0.140. The molecule has 0 spiro atoms. The molecule has 0 atom stereocenters. The monoisotopic (exact) mass is 292 g/mol. The summed E-state index contributed by atoms with van der Waals surface area (Å²) in [6, 6.07) is 0. The van der Waals surface area contributed by atoms with Gasteiger partial charge in [0.05, 0.1) is 7.11 Å². The Morgan fingerprint density at radius 2 is 1.11 bits per heavy atom. The first-order valence-corrected chi connectivity index (χ1v) is 7.88. The predicted molar refractivity (Wildman–Crippen MR) is 85.0 cm³/mol. The number of methoxy groups -OCH3 is 1. The van der Waals surface area contributed by atoms with E-state index in [4.69, 9.17) is 0 Å². The molecule has 19 heavy (non-hydrogen) atoms. The van der Waals surface area contributed by atoms with Crippen LogP contribution in [0.5, 0.6) is 0 Å². The summed E-state index contributed by atoms with van der Waals surface area (Å²) in [7, 11) is 1.46. The summed E-state index contributed by atoms with van der Waals surface area (Å²) in [4.78, 5) is 10.9. The molecule has 0 amide bonds. The Morgan fingerprint density at radius 3 is 1.47 bits per heavy atom. The summed E-state index contributed by atoms with van der Waals surface area (Å²) in [6.45, 7) is 2.26. The molecule has 0 bridgehead atoms. The van der Waals surface area contributed by atoms with Crippen molar-refractivity contribution in [3.63, 3.8) is 0 Å². The maximum Gasteiger partial charge on any atom is 0.305 e. The number of rotatable bonds is 13. The number of hydrogen-bond acceptors (Lipinski definition) is 2. The minimum atomic E-state index is -0.0675. The molecule has 0 aromatic rings. The second-order valence-electron chi connectivity index (χ2n) is 5.22. The molecule has 0 aromatic heterocycles. The van der Waals surface area contributed by atoms with Crippen molar-refractivity contribution in [3.05, 3.63) is 0 Å². The maximum absolute atomic E-state index is 10.9. The average Bonchev–Trinajstić information content (AvgIpc) is 2.39. The van der Waals surface area contributed by atoms with E-state index in [0.717, 1.165) is 6.42 Å². The third-order valence-corrected chi connectivity index (χ3v) is 3.46. The summed E-state index contributed by atoms with van der Waals surface area (Å²) in [5.41, 5.74) is 0. The molecule has 0 aliphatic rings. The first kappa shape index (κ1) is 21.1. The Kier molecular flexibility index (Phi) is 19.7. The normalized spacial score (nSPS) is 10.0. The zero-order valence-corrected chi connectivity index (χ0v) is 13.7. The van der Waals surface area contributed by atoms with Gasteiger partial charge in [0.2, 0.25) is 0 Å². The SMILES string of the molecule is CCCCCCCCCCCCCCC(=O)OC.Cl. The number of carbonyl (C=O) groups is 1. The van der Waals surface area contributed by atoms with Crippen LogP contribution in [0.4, 0.5) is 0 Å². The summed E-state index contributed by atoms with van der Waals surface area (Å²) < 4.78 is 4.61. The first-order chi connectivity index (χ1) is 8.81. The maximum atomic E-state index is 10.9. The summed E-state index contributed by atoms with van der Waals surface area (Å²) in [5, 5.41) is 0. The largest absolute Gasteiger partial charge is 0.469 e. The van der Waals surface area contributed by atoms with Gasteiger partial charge in [-0.15, -0.1) is 12.4 Å². The quantitative estimate of drug-likeness (QED) is 0.323. The highest BCUT2D eigenvalue weighted by Gasteiger charge is 1.99. The van der Waals surface area contributed by atoms with Crippen molar-refractivity contribution >= 4 is 18.4 Å². The molecule has 0 aliphatic carbocycles. The van der Waals surface area contributed by atoms with E-state index in [1.807, 2.05) is 0 Å². The van der Waals surface area contributed by atoms with E-state index in [2.05, 4.69) is 11.7 Å². The van der Waals surface area contributed by atoms with Crippen LogP contribution in [0.25, 0.3) is 0 Å². The highest BCUT2D eigenvalue weighted by Crippen LogP contribution is 2.12. The number of unbranched alkanes of at least 4 members (excludes halogenated alkanes) is 11. The van der Waals surface area contributed by atoms with Gasteiger partial charge < -0.3 is 4.74 Å². The molecule has 2 nitrogen and oxygen atoms in total. The van der Waals surface area contributed by atoms with Gasteiger partial charge >= 0.3 is 5.97 Å². The molecule has 0 fully saturated rings. The number of esters is 1. The molecular formula is C16H33ClO2. The molecule has 0 saturated carbocycles. The third-order valence-electron chi connectivity index (χ3n) is 3.46. The average molecular weight is 293 g/mol. The van der Waals surface area contributed by atoms with E-state index < -0.39 is 0 Å². The minimum Gasteiger partial charge on any atom is -0.469 e. The lowest BCUT2D eigenvalue weighted by atomic mass is 10.0. The van der Waals surface area contributed by atoms with E-state index in [-0.39, 0.29) is 18.4 Å². The van der Waals surface area contributed by atoms with Crippen molar-refractivity contribution in [2.75, 3.05) is 7.11 Å². The molecule has 3 heteroatoms. The number of carbonyl (C=O) groups excluding carboxylic acids is 1. The van der Waals surface area contributed by atoms with Crippen LogP contribution in [-0.4, -0.2) is 13.1 Å². The van der Waals surface area contributed by atoms with Crippen LogP contribution in [0, 0.1) is 0 Å². The second kappa shape index (κ2) is 17.8. The fourth-order valence-electron chi connectivity index (χ4n) is 2.21. The van der Waals surface area contributed by atoms with E-state index in [1.165, 1.54) is 77.7 Å². The Bertz CT molecular complexity index is 184. The smallest absolute Gasteiger partial charge is 0.305 e. The molecular weight excluding hydrogens is 260 g/mol. The molecule has 116 valence electrons. The van der Waals surface area contributed by atoms with E-state index >= 15 is 0 Å². The van der Waals surface area contributed by atoms with E-state index in [0.29, 0.717) is 6.42 Å². The Balaban J connectivity index is 0. The summed E-state index contributed by atoms with van der Waals surface area (Å²) in [5.74, 6) is -0.0675. The molecule has 0 N–H and O–H groups in total. The van der Waals surface area contributed by atoms with Gasteiger partial charge in [0.15, 0.2) is 0 Å². The van der Waals surface area contributed by atoms with Gasteiger partial charge in [0.1, 0.15) is 0 Å².